The zero-order valence-electron chi connectivity index (χ0n) is 12.0. The SMILES string of the molecule is CC(C)(C)c1cccc2c1ncn2S(=O)(=O)c1ncc[nH]1. The maximum absolute atomic E-state index is 12.6. The summed E-state index contributed by atoms with van der Waals surface area (Å²) in [5.41, 5.74) is 2.14. The summed E-state index contributed by atoms with van der Waals surface area (Å²) >= 11 is 0. The molecular weight excluding hydrogens is 288 g/mol. The van der Waals surface area contributed by atoms with Crippen molar-refractivity contribution in [2.45, 2.75) is 31.3 Å². The lowest BCUT2D eigenvalue weighted by Gasteiger charge is -2.19. The fourth-order valence-corrected chi connectivity index (χ4v) is 3.47. The molecule has 0 atom stereocenters. The van der Waals surface area contributed by atoms with Crippen LogP contribution in [0.15, 0.2) is 42.1 Å². The molecule has 0 unspecified atom stereocenters. The third-order valence-corrected chi connectivity index (χ3v) is 4.85. The Hall–Kier alpha value is -2.15. The minimum absolute atomic E-state index is 0.0945. The topological polar surface area (TPSA) is 80.6 Å². The molecule has 0 aliphatic rings. The van der Waals surface area contributed by atoms with Crippen molar-refractivity contribution in [2.24, 2.45) is 0 Å². The maximum atomic E-state index is 12.6. The highest BCUT2D eigenvalue weighted by Gasteiger charge is 2.25. The maximum Gasteiger partial charge on any atom is 0.303 e. The van der Waals surface area contributed by atoms with Crippen molar-refractivity contribution in [1.82, 2.24) is 18.9 Å². The average Bonchev–Trinajstić information content (AvgIpc) is 3.06. The number of hydrogen-bond donors (Lipinski definition) is 1. The minimum Gasteiger partial charge on any atom is -0.334 e. The standard InChI is InChI=1S/C14H16N4O2S/c1-14(2,3)10-5-4-6-11-12(10)17-9-18(11)21(19,20)13-15-7-8-16-13/h4-9H,1-3H3,(H,15,16). The quantitative estimate of drug-likeness (QED) is 0.787. The zero-order valence-corrected chi connectivity index (χ0v) is 12.8. The van der Waals surface area contributed by atoms with E-state index in [0.29, 0.717) is 11.0 Å². The number of H-pyrrole nitrogens is 1. The van der Waals surface area contributed by atoms with Gasteiger partial charge >= 0.3 is 10.0 Å². The second-order valence-corrected chi connectivity index (χ2v) is 7.59. The van der Waals surface area contributed by atoms with Gasteiger partial charge in [-0.2, -0.15) is 8.42 Å². The number of imidazole rings is 2. The van der Waals surface area contributed by atoms with E-state index in [1.807, 2.05) is 12.1 Å². The van der Waals surface area contributed by atoms with E-state index >= 15 is 0 Å². The molecule has 3 rings (SSSR count). The number of nitrogens with zero attached hydrogens (tertiary/aromatic N) is 3. The van der Waals surface area contributed by atoms with Crippen molar-refractivity contribution in [3.05, 3.63) is 42.5 Å². The molecule has 110 valence electrons. The van der Waals surface area contributed by atoms with E-state index in [9.17, 15) is 8.42 Å². The number of nitrogens with one attached hydrogen (secondary N) is 1. The summed E-state index contributed by atoms with van der Waals surface area (Å²) in [4.78, 5) is 10.8. The average molecular weight is 304 g/mol. The first-order chi connectivity index (χ1) is 9.82. The second-order valence-electron chi connectivity index (χ2n) is 5.86. The van der Waals surface area contributed by atoms with Gasteiger partial charge in [-0.25, -0.2) is 13.9 Å². The summed E-state index contributed by atoms with van der Waals surface area (Å²) in [6, 6.07) is 5.57. The highest BCUT2D eigenvalue weighted by Crippen LogP contribution is 2.29. The van der Waals surface area contributed by atoms with Crippen molar-refractivity contribution < 1.29 is 8.42 Å². The largest absolute Gasteiger partial charge is 0.334 e. The molecule has 0 radical (unpaired) electrons. The van der Waals surface area contributed by atoms with Crippen LogP contribution < -0.4 is 0 Å². The van der Waals surface area contributed by atoms with Crippen molar-refractivity contribution in [3.63, 3.8) is 0 Å². The van der Waals surface area contributed by atoms with E-state index in [4.69, 9.17) is 0 Å². The molecule has 1 N–H and O–H groups in total. The molecule has 0 saturated carbocycles. The summed E-state index contributed by atoms with van der Waals surface area (Å²) in [7, 11) is -3.75. The van der Waals surface area contributed by atoms with Gasteiger partial charge in [-0.3, -0.25) is 0 Å². The molecule has 0 saturated heterocycles. The fourth-order valence-electron chi connectivity index (χ4n) is 2.30. The number of rotatable bonds is 2. The number of benzene rings is 1. The van der Waals surface area contributed by atoms with E-state index in [0.717, 1.165) is 9.54 Å². The number of aromatic nitrogens is 4. The Morgan fingerprint density at radius 1 is 1.19 bits per heavy atom. The van der Waals surface area contributed by atoms with E-state index in [-0.39, 0.29) is 10.6 Å². The predicted octanol–water partition coefficient (Wildman–Crippen LogP) is 2.29. The fraction of sp³-hybridized carbons (Fsp3) is 0.286. The molecule has 7 heteroatoms. The Kier molecular flexibility index (Phi) is 2.91. The van der Waals surface area contributed by atoms with Gasteiger partial charge in [0.2, 0.25) is 5.16 Å². The Bertz CT molecular complexity index is 887. The summed E-state index contributed by atoms with van der Waals surface area (Å²) in [6.07, 6.45) is 4.22. The molecule has 0 spiro atoms. The van der Waals surface area contributed by atoms with Gasteiger partial charge < -0.3 is 4.98 Å². The second kappa shape index (κ2) is 4.42. The first kappa shape index (κ1) is 13.8. The van der Waals surface area contributed by atoms with Crippen LogP contribution in [0.25, 0.3) is 11.0 Å². The number of aromatic amines is 1. The van der Waals surface area contributed by atoms with Crippen LogP contribution in [0.4, 0.5) is 0 Å². The molecule has 6 nitrogen and oxygen atoms in total. The van der Waals surface area contributed by atoms with Crippen LogP contribution in [-0.2, 0) is 15.4 Å². The van der Waals surface area contributed by atoms with Crippen molar-refractivity contribution >= 4 is 21.1 Å². The third kappa shape index (κ3) is 2.13. The number of fused-ring (bicyclic) bond motifs is 1. The lowest BCUT2D eigenvalue weighted by atomic mass is 9.86. The molecule has 0 fully saturated rings. The molecular formula is C14H16N4O2S. The Morgan fingerprint density at radius 2 is 1.95 bits per heavy atom. The molecule has 0 amide bonds. The van der Waals surface area contributed by atoms with Gasteiger partial charge in [0, 0.05) is 12.4 Å². The number of para-hydroxylation sites is 1. The molecule has 2 aromatic heterocycles. The minimum atomic E-state index is -3.75. The van der Waals surface area contributed by atoms with Gasteiger partial charge in [-0.1, -0.05) is 32.9 Å². The van der Waals surface area contributed by atoms with Crippen molar-refractivity contribution in [3.8, 4) is 0 Å². The molecule has 2 heterocycles. The smallest absolute Gasteiger partial charge is 0.303 e. The molecule has 1 aromatic carbocycles. The molecule has 3 aromatic rings. The van der Waals surface area contributed by atoms with Crippen LogP contribution in [0.1, 0.15) is 26.3 Å². The molecule has 21 heavy (non-hydrogen) atoms. The lowest BCUT2D eigenvalue weighted by molar-refractivity contribution is 0.581. The first-order valence-corrected chi connectivity index (χ1v) is 7.97. The van der Waals surface area contributed by atoms with Crippen LogP contribution in [0.2, 0.25) is 0 Å². The normalized spacial score (nSPS) is 12.9. The Morgan fingerprint density at radius 3 is 2.57 bits per heavy atom. The van der Waals surface area contributed by atoms with Crippen molar-refractivity contribution in [2.75, 3.05) is 0 Å². The monoisotopic (exact) mass is 304 g/mol. The van der Waals surface area contributed by atoms with Gasteiger partial charge in [0.25, 0.3) is 0 Å². The van der Waals surface area contributed by atoms with E-state index in [2.05, 4.69) is 35.7 Å². The summed E-state index contributed by atoms with van der Waals surface area (Å²) in [5.74, 6) is 0. The highest BCUT2D eigenvalue weighted by molar-refractivity contribution is 7.89. The van der Waals surface area contributed by atoms with Gasteiger partial charge in [-0.05, 0) is 17.0 Å². The van der Waals surface area contributed by atoms with Gasteiger partial charge in [-0.15, -0.1) is 0 Å². The number of hydrogen-bond acceptors (Lipinski definition) is 4. The third-order valence-electron chi connectivity index (χ3n) is 3.33. The van der Waals surface area contributed by atoms with E-state index in [1.54, 1.807) is 6.07 Å². The van der Waals surface area contributed by atoms with Crippen LogP contribution in [0.3, 0.4) is 0 Å². The van der Waals surface area contributed by atoms with Gasteiger partial charge in [0.15, 0.2) is 0 Å². The van der Waals surface area contributed by atoms with Crippen LogP contribution >= 0.6 is 0 Å². The molecule has 0 aliphatic heterocycles. The van der Waals surface area contributed by atoms with E-state index in [1.165, 1.54) is 18.7 Å². The molecule has 0 aliphatic carbocycles. The zero-order chi connectivity index (χ0) is 15.3. The van der Waals surface area contributed by atoms with Gasteiger partial charge in [0.1, 0.15) is 6.33 Å². The Labute approximate surface area is 122 Å². The summed E-state index contributed by atoms with van der Waals surface area (Å²) in [5, 5.41) is -0.0945. The van der Waals surface area contributed by atoms with Crippen LogP contribution in [0, 0.1) is 0 Å². The van der Waals surface area contributed by atoms with Crippen LogP contribution in [0.5, 0.6) is 0 Å². The van der Waals surface area contributed by atoms with E-state index < -0.39 is 10.0 Å². The lowest BCUT2D eigenvalue weighted by Crippen LogP contribution is -2.14. The van der Waals surface area contributed by atoms with Crippen molar-refractivity contribution in [1.29, 1.82) is 0 Å². The van der Waals surface area contributed by atoms with Crippen LogP contribution in [-0.4, -0.2) is 27.3 Å². The predicted molar refractivity (Wildman–Crippen MR) is 79.6 cm³/mol. The van der Waals surface area contributed by atoms with Gasteiger partial charge in [0.05, 0.1) is 11.0 Å². The molecule has 0 bridgehead atoms. The highest BCUT2D eigenvalue weighted by atomic mass is 32.2. The summed E-state index contributed by atoms with van der Waals surface area (Å²) in [6.45, 7) is 6.21. The Balaban J connectivity index is 2.28. The first-order valence-electron chi connectivity index (χ1n) is 6.53. The summed E-state index contributed by atoms with van der Waals surface area (Å²) < 4.78 is 26.3.